The molecule has 1 amide bonds. The molecule has 5 nitrogen and oxygen atoms in total. The molecule has 0 unspecified atom stereocenters. The summed E-state index contributed by atoms with van der Waals surface area (Å²) in [6.45, 7) is 2.42. The Morgan fingerprint density at radius 2 is 2.00 bits per heavy atom. The number of carbonyl (C=O) groups is 1. The summed E-state index contributed by atoms with van der Waals surface area (Å²) < 4.78 is 6.67. The zero-order valence-electron chi connectivity index (χ0n) is 14.9. The molecule has 0 aliphatic heterocycles. The summed E-state index contributed by atoms with van der Waals surface area (Å²) >= 11 is 8.87. The van der Waals surface area contributed by atoms with Crippen LogP contribution >= 0.6 is 34.3 Å². The zero-order chi connectivity index (χ0) is 19.5. The lowest BCUT2D eigenvalue weighted by molar-refractivity contribution is -0.115. The number of aryl methyl sites for hydroxylation is 1. The molecule has 2 heterocycles. The molecule has 0 bridgehead atoms. The molecule has 8 heteroatoms. The number of nitrogens with one attached hydrogen (secondary N) is 1. The van der Waals surface area contributed by atoms with Gasteiger partial charge in [-0.25, -0.2) is 9.97 Å². The average Bonchev–Trinajstić information content (AvgIpc) is 3.27. The van der Waals surface area contributed by atoms with Crippen LogP contribution < -0.4 is 10.1 Å². The fourth-order valence-corrected chi connectivity index (χ4v) is 4.42. The van der Waals surface area contributed by atoms with Gasteiger partial charge in [-0.2, -0.15) is 0 Å². The van der Waals surface area contributed by atoms with Gasteiger partial charge in [-0.1, -0.05) is 40.6 Å². The Balaban J connectivity index is 1.33. The summed E-state index contributed by atoms with van der Waals surface area (Å²) in [5.74, 6) is 0.650. The van der Waals surface area contributed by atoms with Crippen LogP contribution in [-0.2, 0) is 17.8 Å². The van der Waals surface area contributed by atoms with Crippen LogP contribution in [0.2, 0.25) is 5.02 Å². The van der Waals surface area contributed by atoms with Crippen LogP contribution in [0.3, 0.4) is 0 Å². The molecule has 4 aromatic rings. The lowest BCUT2D eigenvalue weighted by atomic mass is 10.2. The summed E-state index contributed by atoms with van der Waals surface area (Å²) in [4.78, 5) is 21.2. The van der Waals surface area contributed by atoms with Gasteiger partial charge in [0.05, 0.1) is 22.3 Å². The number of benzene rings is 2. The van der Waals surface area contributed by atoms with E-state index in [0.717, 1.165) is 21.0 Å². The van der Waals surface area contributed by atoms with Gasteiger partial charge in [-0.3, -0.25) is 4.79 Å². The second-order valence-corrected chi connectivity index (χ2v) is 8.60. The molecule has 2 aromatic heterocycles. The van der Waals surface area contributed by atoms with E-state index in [1.54, 1.807) is 6.07 Å². The monoisotopic (exact) mass is 429 g/mol. The second kappa shape index (κ2) is 8.26. The highest BCUT2D eigenvalue weighted by Gasteiger charge is 2.11. The van der Waals surface area contributed by atoms with E-state index in [9.17, 15) is 4.79 Å². The summed E-state index contributed by atoms with van der Waals surface area (Å²) in [5, 5.41) is 6.75. The number of hydrogen-bond acceptors (Lipinski definition) is 6. The first-order chi connectivity index (χ1) is 13.5. The average molecular weight is 430 g/mol. The topological polar surface area (TPSA) is 64.1 Å². The molecule has 0 aliphatic carbocycles. The summed E-state index contributed by atoms with van der Waals surface area (Å²) in [7, 11) is 0. The van der Waals surface area contributed by atoms with Crippen LogP contribution in [0.15, 0.2) is 47.8 Å². The third-order valence-electron chi connectivity index (χ3n) is 3.92. The van der Waals surface area contributed by atoms with E-state index in [0.29, 0.717) is 22.5 Å². The maximum absolute atomic E-state index is 12.3. The standard InChI is InChI=1S/C20H16ClN3O2S2/c1-12-2-5-15(6-3-12)26-10-19-22-14(11-27-19)9-18(25)24-20-23-16-7-4-13(21)8-17(16)28-20/h2-8,11H,9-10H2,1H3,(H,23,24,25). The van der Waals surface area contributed by atoms with Gasteiger partial charge in [-0.15, -0.1) is 11.3 Å². The molecule has 0 saturated carbocycles. The number of carbonyl (C=O) groups excluding carboxylic acids is 1. The van der Waals surface area contributed by atoms with E-state index in [1.165, 1.54) is 28.2 Å². The van der Waals surface area contributed by atoms with E-state index in [4.69, 9.17) is 16.3 Å². The van der Waals surface area contributed by atoms with E-state index in [-0.39, 0.29) is 12.3 Å². The molecular weight excluding hydrogens is 414 g/mol. The molecule has 0 spiro atoms. The minimum absolute atomic E-state index is 0.151. The highest BCUT2D eigenvalue weighted by molar-refractivity contribution is 7.22. The fraction of sp³-hybridized carbons (Fsp3) is 0.150. The van der Waals surface area contributed by atoms with Gasteiger partial charge in [0.15, 0.2) is 5.13 Å². The first kappa shape index (κ1) is 18.9. The molecule has 0 radical (unpaired) electrons. The number of aromatic nitrogens is 2. The van der Waals surface area contributed by atoms with Gasteiger partial charge < -0.3 is 10.1 Å². The number of rotatable bonds is 6. The SMILES string of the molecule is Cc1ccc(OCc2nc(CC(=O)Nc3nc4ccc(Cl)cc4s3)cs2)cc1. The summed E-state index contributed by atoms with van der Waals surface area (Å²) in [6, 6.07) is 13.3. The number of fused-ring (bicyclic) bond motifs is 1. The van der Waals surface area contributed by atoms with Crippen molar-refractivity contribution in [1.29, 1.82) is 0 Å². The van der Waals surface area contributed by atoms with Crippen molar-refractivity contribution in [2.75, 3.05) is 5.32 Å². The molecule has 2 aromatic carbocycles. The van der Waals surface area contributed by atoms with Gasteiger partial charge in [-0.05, 0) is 37.3 Å². The maximum atomic E-state index is 12.3. The predicted octanol–water partition coefficient (Wildman–Crippen LogP) is 5.47. The highest BCUT2D eigenvalue weighted by atomic mass is 35.5. The maximum Gasteiger partial charge on any atom is 0.232 e. The molecular formula is C20H16ClN3O2S2. The number of amides is 1. The van der Waals surface area contributed by atoms with Gasteiger partial charge in [0, 0.05) is 10.4 Å². The molecule has 28 heavy (non-hydrogen) atoms. The van der Waals surface area contributed by atoms with Crippen LogP contribution in [0.1, 0.15) is 16.3 Å². The van der Waals surface area contributed by atoms with Crippen LogP contribution in [0.4, 0.5) is 5.13 Å². The van der Waals surface area contributed by atoms with Crippen LogP contribution in [-0.4, -0.2) is 15.9 Å². The van der Waals surface area contributed by atoms with E-state index < -0.39 is 0 Å². The fourth-order valence-electron chi connectivity index (χ4n) is 2.56. The lowest BCUT2D eigenvalue weighted by Crippen LogP contribution is -2.14. The molecule has 1 N–H and O–H groups in total. The van der Waals surface area contributed by atoms with Crippen molar-refractivity contribution in [3.8, 4) is 5.75 Å². The van der Waals surface area contributed by atoms with Crippen molar-refractivity contribution in [1.82, 2.24) is 9.97 Å². The molecule has 0 atom stereocenters. The second-order valence-electron chi connectivity index (χ2n) is 6.19. The Labute approximate surface area is 175 Å². The highest BCUT2D eigenvalue weighted by Crippen LogP contribution is 2.28. The van der Waals surface area contributed by atoms with Gasteiger partial charge >= 0.3 is 0 Å². The number of anilines is 1. The third-order valence-corrected chi connectivity index (χ3v) is 5.96. The number of nitrogens with zero attached hydrogens (tertiary/aromatic N) is 2. The minimum Gasteiger partial charge on any atom is -0.486 e. The van der Waals surface area contributed by atoms with Crippen molar-refractivity contribution in [3.05, 3.63) is 69.1 Å². The summed E-state index contributed by atoms with van der Waals surface area (Å²) in [6.07, 6.45) is 0.192. The van der Waals surface area contributed by atoms with E-state index >= 15 is 0 Å². The Bertz CT molecular complexity index is 1120. The number of ether oxygens (including phenoxy) is 1. The normalized spacial score (nSPS) is 10.9. The molecule has 0 fully saturated rings. The Morgan fingerprint density at radius 3 is 2.82 bits per heavy atom. The molecule has 4 rings (SSSR count). The Hall–Kier alpha value is -2.48. The largest absolute Gasteiger partial charge is 0.486 e. The summed E-state index contributed by atoms with van der Waals surface area (Å²) in [5.41, 5.74) is 2.72. The molecule has 0 saturated heterocycles. The van der Waals surface area contributed by atoms with Crippen molar-refractivity contribution in [2.45, 2.75) is 20.0 Å². The Kier molecular flexibility index (Phi) is 5.57. The Morgan fingerprint density at radius 1 is 1.18 bits per heavy atom. The first-order valence-electron chi connectivity index (χ1n) is 8.54. The minimum atomic E-state index is -0.151. The quantitative estimate of drug-likeness (QED) is 0.441. The molecule has 0 aliphatic rings. The lowest BCUT2D eigenvalue weighted by Gasteiger charge is -2.03. The predicted molar refractivity (Wildman–Crippen MR) is 115 cm³/mol. The first-order valence-corrected chi connectivity index (χ1v) is 10.6. The van der Waals surface area contributed by atoms with Crippen LogP contribution in [0.5, 0.6) is 5.75 Å². The van der Waals surface area contributed by atoms with Crippen molar-refractivity contribution >= 4 is 55.5 Å². The smallest absolute Gasteiger partial charge is 0.232 e. The zero-order valence-corrected chi connectivity index (χ0v) is 17.3. The van der Waals surface area contributed by atoms with E-state index in [2.05, 4.69) is 15.3 Å². The molecule has 142 valence electrons. The van der Waals surface area contributed by atoms with Gasteiger partial charge in [0.2, 0.25) is 5.91 Å². The van der Waals surface area contributed by atoms with Crippen molar-refractivity contribution in [2.24, 2.45) is 0 Å². The van der Waals surface area contributed by atoms with Crippen LogP contribution in [0.25, 0.3) is 10.2 Å². The number of halogens is 1. The number of thiazole rings is 2. The van der Waals surface area contributed by atoms with Gasteiger partial charge in [0.1, 0.15) is 17.4 Å². The number of hydrogen-bond donors (Lipinski definition) is 1. The van der Waals surface area contributed by atoms with Crippen LogP contribution in [0, 0.1) is 6.92 Å². The van der Waals surface area contributed by atoms with E-state index in [1.807, 2.05) is 48.7 Å². The van der Waals surface area contributed by atoms with Gasteiger partial charge in [0.25, 0.3) is 0 Å². The third kappa shape index (κ3) is 4.67. The van der Waals surface area contributed by atoms with Crippen molar-refractivity contribution in [3.63, 3.8) is 0 Å². The van der Waals surface area contributed by atoms with Crippen molar-refractivity contribution < 1.29 is 9.53 Å².